The lowest BCUT2D eigenvalue weighted by Crippen LogP contribution is -2.51. The van der Waals surface area contributed by atoms with Crippen LogP contribution in [0.4, 0.5) is 5.69 Å². The summed E-state index contributed by atoms with van der Waals surface area (Å²) in [5.74, 6) is -1.40. The maximum Gasteiger partial charge on any atom is 0.340 e. The number of carbonyl (C=O) groups excluding carboxylic acids is 4. The van der Waals surface area contributed by atoms with E-state index in [0.29, 0.717) is 37.4 Å². The molecule has 1 N–H and O–H groups in total. The van der Waals surface area contributed by atoms with Crippen LogP contribution in [0.2, 0.25) is 0 Å². The lowest BCUT2D eigenvalue weighted by Gasteiger charge is -2.34. The van der Waals surface area contributed by atoms with Crippen LogP contribution in [-0.4, -0.2) is 66.3 Å². The summed E-state index contributed by atoms with van der Waals surface area (Å²) in [6.07, 6.45) is 0. The van der Waals surface area contributed by atoms with Gasteiger partial charge in [0.15, 0.2) is 6.61 Å². The number of piperazine rings is 1. The molecule has 1 aliphatic heterocycles. The van der Waals surface area contributed by atoms with Crippen molar-refractivity contribution in [2.24, 2.45) is 0 Å². The van der Waals surface area contributed by atoms with Gasteiger partial charge in [0.25, 0.3) is 11.8 Å². The molecule has 1 heterocycles. The van der Waals surface area contributed by atoms with E-state index < -0.39 is 12.6 Å². The number of para-hydroxylation sites is 1. The molecule has 0 aromatic heterocycles. The number of carbonyl (C=O) groups is 4. The number of esters is 1. The molecule has 0 spiro atoms. The van der Waals surface area contributed by atoms with E-state index in [-0.39, 0.29) is 23.3 Å². The van der Waals surface area contributed by atoms with Gasteiger partial charge in [-0.05, 0) is 24.3 Å². The minimum absolute atomic E-state index is 0.0253. The van der Waals surface area contributed by atoms with Crippen LogP contribution >= 0.6 is 0 Å². The number of benzene rings is 2. The molecule has 0 bridgehead atoms. The van der Waals surface area contributed by atoms with Crippen molar-refractivity contribution in [3.63, 3.8) is 0 Å². The second kappa shape index (κ2) is 9.69. The predicted octanol–water partition coefficient (Wildman–Crippen LogP) is 1.79. The molecule has 8 heteroatoms. The van der Waals surface area contributed by atoms with Crippen LogP contribution in [0, 0.1) is 0 Å². The Kier molecular flexibility index (Phi) is 6.79. The maximum absolute atomic E-state index is 12.5. The molecule has 1 saturated heterocycles. The van der Waals surface area contributed by atoms with Crippen LogP contribution in [0.15, 0.2) is 54.6 Å². The highest BCUT2D eigenvalue weighted by molar-refractivity contribution is 6.08. The van der Waals surface area contributed by atoms with Gasteiger partial charge in [0.05, 0.1) is 11.3 Å². The molecule has 3 rings (SSSR count). The molecule has 0 aliphatic carbocycles. The minimum Gasteiger partial charge on any atom is -0.452 e. The molecule has 1 aliphatic rings. The molecule has 2 aromatic carbocycles. The summed E-state index contributed by atoms with van der Waals surface area (Å²) in [6.45, 7) is 2.82. The highest BCUT2D eigenvalue weighted by Gasteiger charge is 2.24. The van der Waals surface area contributed by atoms with Gasteiger partial charge in [-0.25, -0.2) is 4.79 Å². The molecule has 8 nitrogen and oxygen atoms in total. The second-order valence-corrected chi connectivity index (χ2v) is 6.83. The highest BCUT2D eigenvalue weighted by atomic mass is 16.5. The number of nitrogens with one attached hydrogen (secondary N) is 1. The zero-order valence-electron chi connectivity index (χ0n) is 16.7. The monoisotopic (exact) mass is 409 g/mol. The fourth-order valence-electron chi connectivity index (χ4n) is 3.12. The SMILES string of the molecule is CC(=O)N1CCN(C(=O)COC(=O)c2ccccc2NC(=O)c2ccccc2)CC1. The van der Waals surface area contributed by atoms with Crippen molar-refractivity contribution in [1.29, 1.82) is 0 Å². The van der Waals surface area contributed by atoms with Crippen molar-refractivity contribution in [3.05, 3.63) is 65.7 Å². The smallest absolute Gasteiger partial charge is 0.340 e. The van der Waals surface area contributed by atoms with Gasteiger partial charge in [0.2, 0.25) is 5.91 Å². The molecular weight excluding hydrogens is 386 g/mol. The Morgan fingerprint density at radius 2 is 1.47 bits per heavy atom. The highest BCUT2D eigenvalue weighted by Crippen LogP contribution is 2.17. The van der Waals surface area contributed by atoms with Gasteiger partial charge in [0, 0.05) is 38.7 Å². The number of nitrogens with zero attached hydrogens (tertiary/aromatic N) is 2. The van der Waals surface area contributed by atoms with Crippen LogP contribution in [0.25, 0.3) is 0 Å². The molecule has 3 amide bonds. The minimum atomic E-state index is -0.699. The molecule has 1 fully saturated rings. The molecule has 30 heavy (non-hydrogen) atoms. The first-order valence-corrected chi connectivity index (χ1v) is 9.61. The second-order valence-electron chi connectivity index (χ2n) is 6.83. The van der Waals surface area contributed by atoms with Gasteiger partial charge in [0.1, 0.15) is 0 Å². The van der Waals surface area contributed by atoms with E-state index in [1.165, 1.54) is 13.0 Å². The average molecular weight is 409 g/mol. The normalized spacial score (nSPS) is 13.5. The summed E-state index contributed by atoms with van der Waals surface area (Å²) in [5, 5.41) is 2.70. The molecule has 0 atom stereocenters. The van der Waals surface area contributed by atoms with Crippen molar-refractivity contribution >= 4 is 29.4 Å². The number of ether oxygens (including phenoxy) is 1. The molecule has 2 aromatic rings. The average Bonchev–Trinajstić information content (AvgIpc) is 2.78. The Morgan fingerprint density at radius 1 is 0.867 bits per heavy atom. The van der Waals surface area contributed by atoms with E-state index in [1.54, 1.807) is 58.3 Å². The third-order valence-corrected chi connectivity index (χ3v) is 4.84. The van der Waals surface area contributed by atoms with Gasteiger partial charge < -0.3 is 19.9 Å². The van der Waals surface area contributed by atoms with Crippen LogP contribution in [0.3, 0.4) is 0 Å². The number of hydrogen-bond donors (Lipinski definition) is 1. The van der Waals surface area contributed by atoms with Gasteiger partial charge in [-0.3, -0.25) is 14.4 Å². The van der Waals surface area contributed by atoms with Gasteiger partial charge in [-0.15, -0.1) is 0 Å². The van der Waals surface area contributed by atoms with Crippen LogP contribution in [0.5, 0.6) is 0 Å². The summed E-state index contributed by atoms with van der Waals surface area (Å²) >= 11 is 0. The number of amides is 3. The summed E-state index contributed by atoms with van der Waals surface area (Å²) in [5.41, 5.74) is 0.926. The van der Waals surface area contributed by atoms with Crippen molar-refractivity contribution in [3.8, 4) is 0 Å². The summed E-state index contributed by atoms with van der Waals surface area (Å²) in [4.78, 5) is 51.8. The number of hydrogen-bond acceptors (Lipinski definition) is 5. The van der Waals surface area contributed by atoms with Crippen LogP contribution < -0.4 is 5.32 Å². The lowest BCUT2D eigenvalue weighted by atomic mass is 10.1. The Balaban J connectivity index is 1.58. The topological polar surface area (TPSA) is 96.0 Å². The molecule has 0 radical (unpaired) electrons. The van der Waals surface area contributed by atoms with E-state index in [1.807, 2.05) is 0 Å². The Morgan fingerprint density at radius 3 is 2.13 bits per heavy atom. The molecular formula is C22H23N3O5. The fraction of sp³-hybridized carbons (Fsp3) is 0.273. The zero-order valence-corrected chi connectivity index (χ0v) is 16.7. The standard InChI is InChI=1S/C22H23N3O5/c1-16(26)24-11-13-25(14-12-24)20(27)15-30-22(29)18-9-5-6-10-19(18)23-21(28)17-7-3-2-4-8-17/h2-10H,11-15H2,1H3,(H,23,28). The summed E-state index contributed by atoms with van der Waals surface area (Å²) in [7, 11) is 0. The summed E-state index contributed by atoms with van der Waals surface area (Å²) in [6, 6.07) is 15.1. The van der Waals surface area contributed by atoms with E-state index in [4.69, 9.17) is 4.74 Å². The van der Waals surface area contributed by atoms with Crippen molar-refractivity contribution in [1.82, 2.24) is 9.80 Å². The van der Waals surface area contributed by atoms with Gasteiger partial charge in [-0.1, -0.05) is 30.3 Å². The number of rotatable bonds is 5. The lowest BCUT2D eigenvalue weighted by molar-refractivity contribution is -0.140. The van der Waals surface area contributed by atoms with E-state index in [2.05, 4.69) is 5.32 Å². The number of anilines is 1. The first kappa shape index (κ1) is 21.0. The summed E-state index contributed by atoms with van der Waals surface area (Å²) < 4.78 is 5.18. The first-order valence-electron chi connectivity index (χ1n) is 9.61. The van der Waals surface area contributed by atoms with E-state index in [9.17, 15) is 19.2 Å². The quantitative estimate of drug-likeness (QED) is 0.760. The van der Waals surface area contributed by atoms with Crippen molar-refractivity contribution in [2.75, 3.05) is 38.1 Å². The van der Waals surface area contributed by atoms with Crippen molar-refractivity contribution < 1.29 is 23.9 Å². The van der Waals surface area contributed by atoms with Crippen molar-refractivity contribution in [2.45, 2.75) is 6.92 Å². The predicted molar refractivity (Wildman–Crippen MR) is 110 cm³/mol. The molecule has 156 valence electrons. The van der Waals surface area contributed by atoms with Gasteiger partial charge >= 0.3 is 5.97 Å². The van der Waals surface area contributed by atoms with E-state index in [0.717, 1.165) is 0 Å². The van der Waals surface area contributed by atoms with Crippen LogP contribution in [-0.2, 0) is 14.3 Å². The maximum atomic E-state index is 12.5. The van der Waals surface area contributed by atoms with Gasteiger partial charge in [-0.2, -0.15) is 0 Å². The molecule has 0 unspecified atom stereocenters. The van der Waals surface area contributed by atoms with Crippen LogP contribution in [0.1, 0.15) is 27.6 Å². The molecule has 0 saturated carbocycles. The first-order chi connectivity index (χ1) is 14.5. The Hall–Kier alpha value is -3.68. The Labute approximate surface area is 174 Å². The third-order valence-electron chi connectivity index (χ3n) is 4.84. The largest absolute Gasteiger partial charge is 0.452 e. The third kappa shape index (κ3) is 5.22. The fourth-order valence-corrected chi connectivity index (χ4v) is 3.12. The Bertz CT molecular complexity index is 937. The zero-order chi connectivity index (χ0) is 21.5. The van der Waals surface area contributed by atoms with E-state index >= 15 is 0 Å².